The van der Waals surface area contributed by atoms with Crippen molar-refractivity contribution in [3.63, 3.8) is 0 Å². The number of nitro benzene ring substituents is 1. The van der Waals surface area contributed by atoms with E-state index in [-0.39, 0.29) is 5.69 Å². The third-order valence-electron chi connectivity index (χ3n) is 2.65. The number of anilines is 1. The highest BCUT2D eigenvalue weighted by atomic mass is 16.6. The minimum absolute atomic E-state index is 0.0322. The second kappa shape index (κ2) is 8.81. The molecule has 0 fully saturated rings. The van der Waals surface area contributed by atoms with Crippen LogP contribution in [0.25, 0.3) is 0 Å². The number of hydrogen-bond donors (Lipinski definition) is 1. The number of non-ortho nitro benzene ring substituents is 1. The summed E-state index contributed by atoms with van der Waals surface area (Å²) in [5, 5.41) is 14.1. The first-order chi connectivity index (χ1) is 9.67. The molecule has 0 aliphatic carbocycles. The van der Waals surface area contributed by atoms with E-state index in [9.17, 15) is 10.1 Å². The summed E-state index contributed by atoms with van der Waals surface area (Å²) in [6, 6.07) is 4.74. The summed E-state index contributed by atoms with van der Waals surface area (Å²) in [7, 11) is 0. The van der Waals surface area contributed by atoms with Crippen LogP contribution < -0.4 is 10.1 Å². The molecular formula is C15H20N2O3. The van der Waals surface area contributed by atoms with E-state index in [0.29, 0.717) is 18.0 Å². The lowest BCUT2D eigenvalue weighted by molar-refractivity contribution is -0.384. The number of hydrogen-bond acceptors (Lipinski definition) is 4. The van der Waals surface area contributed by atoms with Crippen LogP contribution in [0.1, 0.15) is 32.6 Å². The molecule has 0 aliphatic rings. The van der Waals surface area contributed by atoms with Crippen LogP contribution in [0.3, 0.4) is 0 Å². The molecular weight excluding hydrogens is 256 g/mol. The maximum absolute atomic E-state index is 10.9. The molecule has 1 rings (SSSR count). The summed E-state index contributed by atoms with van der Waals surface area (Å²) >= 11 is 0. The first-order valence-electron chi connectivity index (χ1n) is 6.77. The molecule has 0 heterocycles. The van der Waals surface area contributed by atoms with E-state index in [1.165, 1.54) is 12.1 Å². The van der Waals surface area contributed by atoms with Crippen molar-refractivity contribution in [2.24, 2.45) is 0 Å². The highest BCUT2D eigenvalue weighted by molar-refractivity contribution is 5.56. The van der Waals surface area contributed by atoms with Crippen LogP contribution in [-0.4, -0.2) is 18.1 Å². The highest BCUT2D eigenvalue weighted by Gasteiger charge is 2.10. The molecule has 0 aliphatic heterocycles. The lowest BCUT2D eigenvalue weighted by Crippen LogP contribution is -2.03. The fourth-order valence-corrected chi connectivity index (χ4v) is 1.68. The van der Waals surface area contributed by atoms with Gasteiger partial charge in [0.25, 0.3) is 5.69 Å². The van der Waals surface area contributed by atoms with Gasteiger partial charge < -0.3 is 10.1 Å². The van der Waals surface area contributed by atoms with E-state index >= 15 is 0 Å². The second-order valence-electron chi connectivity index (χ2n) is 4.41. The molecule has 0 unspecified atom stereocenters. The van der Waals surface area contributed by atoms with Gasteiger partial charge in [0.05, 0.1) is 17.6 Å². The van der Waals surface area contributed by atoms with Crippen molar-refractivity contribution in [3.05, 3.63) is 28.3 Å². The van der Waals surface area contributed by atoms with Crippen LogP contribution >= 0.6 is 0 Å². The van der Waals surface area contributed by atoms with Crippen LogP contribution in [0, 0.1) is 22.5 Å². The quantitative estimate of drug-likeness (QED) is 0.324. The SMILES string of the molecule is C#CCCCCNc1cc(OCCC)cc([N+](=O)[O-])c1. The highest BCUT2D eigenvalue weighted by Crippen LogP contribution is 2.26. The van der Waals surface area contributed by atoms with Gasteiger partial charge in [-0.25, -0.2) is 0 Å². The molecule has 1 aromatic rings. The number of ether oxygens (including phenoxy) is 1. The maximum Gasteiger partial charge on any atom is 0.275 e. The largest absolute Gasteiger partial charge is 0.493 e. The van der Waals surface area contributed by atoms with Gasteiger partial charge in [0.1, 0.15) is 5.75 Å². The van der Waals surface area contributed by atoms with Gasteiger partial charge in [0.2, 0.25) is 0 Å². The fraction of sp³-hybridized carbons (Fsp3) is 0.467. The number of terminal acetylenes is 1. The number of nitro groups is 1. The molecule has 0 saturated carbocycles. The van der Waals surface area contributed by atoms with Crippen molar-refractivity contribution in [2.75, 3.05) is 18.5 Å². The minimum Gasteiger partial charge on any atom is -0.493 e. The Hall–Kier alpha value is -2.22. The summed E-state index contributed by atoms with van der Waals surface area (Å²) in [5.41, 5.74) is 0.732. The first kappa shape index (κ1) is 15.8. The van der Waals surface area contributed by atoms with E-state index in [4.69, 9.17) is 11.2 Å². The third kappa shape index (κ3) is 5.61. The molecule has 108 valence electrons. The van der Waals surface area contributed by atoms with Gasteiger partial charge in [-0.1, -0.05) is 6.92 Å². The summed E-state index contributed by atoms with van der Waals surface area (Å²) in [6.07, 6.45) is 8.66. The number of unbranched alkanes of at least 4 members (excludes halogenated alkanes) is 2. The van der Waals surface area contributed by atoms with Gasteiger partial charge in [-0.2, -0.15) is 0 Å². The average Bonchev–Trinajstić information content (AvgIpc) is 2.44. The second-order valence-corrected chi connectivity index (χ2v) is 4.41. The summed E-state index contributed by atoms with van der Waals surface area (Å²) in [4.78, 5) is 10.5. The molecule has 0 spiro atoms. The predicted octanol–water partition coefficient (Wildman–Crippen LogP) is 3.60. The Morgan fingerprint density at radius 3 is 2.85 bits per heavy atom. The third-order valence-corrected chi connectivity index (χ3v) is 2.65. The standard InChI is InChI=1S/C15H20N2O3/c1-3-5-6-7-8-16-13-10-14(17(18)19)12-15(11-13)20-9-4-2/h1,10-12,16H,4-9H2,2H3. The zero-order valence-electron chi connectivity index (χ0n) is 11.7. The molecule has 0 saturated heterocycles. The fourth-order valence-electron chi connectivity index (χ4n) is 1.68. The van der Waals surface area contributed by atoms with Crippen molar-refractivity contribution in [3.8, 4) is 18.1 Å². The zero-order chi connectivity index (χ0) is 14.8. The Morgan fingerprint density at radius 2 is 2.20 bits per heavy atom. The number of benzene rings is 1. The van der Waals surface area contributed by atoms with Crippen molar-refractivity contribution >= 4 is 11.4 Å². The molecule has 5 nitrogen and oxygen atoms in total. The van der Waals surface area contributed by atoms with Gasteiger partial charge in [-0.15, -0.1) is 12.3 Å². The van der Waals surface area contributed by atoms with Crippen LogP contribution in [0.2, 0.25) is 0 Å². The van der Waals surface area contributed by atoms with Gasteiger partial charge in [-0.3, -0.25) is 10.1 Å². The molecule has 0 radical (unpaired) electrons. The molecule has 0 amide bonds. The molecule has 20 heavy (non-hydrogen) atoms. The minimum atomic E-state index is -0.414. The maximum atomic E-state index is 10.9. The number of rotatable bonds is 9. The van der Waals surface area contributed by atoms with Gasteiger partial charge in [-0.05, 0) is 19.3 Å². The molecule has 0 atom stereocenters. The predicted molar refractivity (Wildman–Crippen MR) is 80.1 cm³/mol. The monoisotopic (exact) mass is 276 g/mol. The Labute approximate surface area is 119 Å². The first-order valence-corrected chi connectivity index (χ1v) is 6.77. The van der Waals surface area contributed by atoms with Crippen molar-refractivity contribution in [2.45, 2.75) is 32.6 Å². The van der Waals surface area contributed by atoms with E-state index in [0.717, 1.165) is 32.2 Å². The van der Waals surface area contributed by atoms with E-state index < -0.39 is 4.92 Å². The molecule has 1 aromatic carbocycles. The molecule has 5 heteroatoms. The van der Waals surface area contributed by atoms with Crippen LogP contribution in [0.5, 0.6) is 5.75 Å². The number of nitrogens with zero attached hydrogens (tertiary/aromatic N) is 1. The normalized spacial score (nSPS) is 9.80. The molecule has 1 N–H and O–H groups in total. The van der Waals surface area contributed by atoms with Crippen molar-refractivity contribution < 1.29 is 9.66 Å². The summed E-state index contributed by atoms with van der Waals surface area (Å²) < 4.78 is 5.46. The van der Waals surface area contributed by atoms with Crippen LogP contribution in [0.4, 0.5) is 11.4 Å². The topological polar surface area (TPSA) is 64.4 Å². The lowest BCUT2D eigenvalue weighted by Gasteiger charge is -2.09. The lowest BCUT2D eigenvalue weighted by atomic mass is 10.2. The average molecular weight is 276 g/mol. The Morgan fingerprint density at radius 1 is 1.40 bits per heavy atom. The van der Waals surface area contributed by atoms with E-state index in [1.54, 1.807) is 6.07 Å². The smallest absolute Gasteiger partial charge is 0.275 e. The molecule has 0 aromatic heterocycles. The van der Waals surface area contributed by atoms with Gasteiger partial charge in [0.15, 0.2) is 0 Å². The van der Waals surface area contributed by atoms with Crippen molar-refractivity contribution in [1.29, 1.82) is 0 Å². The van der Waals surface area contributed by atoms with Gasteiger partial charge >= 0.3 is 0 Å². The summed E-state index contributed by atoms with van der Waals surface area (Å²) in [6.45, 7) is 3.26. The van der Waals surface area contributed by atoms with Gasteiger partial charge in [0, 0.05) is 30.8 Å². The van der Waals surface area contributed by atoms with Crippen LogP contribution in [-0.2, 0) is 0 Å². The van der Waals surface area contributed by atoms with Crippen molar-refractivity contribution in [1.82, 2.24) is 0 Å². The zero-order valence-corrected chi connectivity index (χ0v) is 11.7. The number of nitrogens with one attached hydrogen (secondary N) is 1. The van der Waals surface area contributed by atoms with Crippen LogP contribution in [0.15, 0.2) is 18.2 Å². The Kier molecular flexibility index (Phi) is 6.97. The molecule has 0 bridgehead atoms. The Bertz CT molecular complexity index is 480. The summed E-state index contributed by atoms with van der Waals surface area (Å²) in [5.74, 6) is 3.11. The Balaban J connectivity index is 2.66. The van der Waals surface area contributed by atoms with E-state index in [2.05, 4.69) is 11.2 Å². The van der Waals surface area contributed by atoms with E-state index in [1.807, 2.05) is 6.92 Å².